The number of carbonyl (C=O) groups excluding carboxylic acids is 2. The summed E-state index contributed by atoms with van der Waals surface area (Å²) in [7, 11) is 1.57. The maximum absolute atomic E-state index is 13.2. The second-order valence-corrected chi connectivity index (χ2v) is 8.61. The van der Waals surface area contributed by atoms with Crippen LogP contribution in [0.1, 0.15) is 26.5 Å². The summed E-state index contributed by atoms with van der Waals surface area (Å²) >= 11 is 7.27. The van der Waals surface area contributed by atoms with E-state index in [-0.39, 0.29) is 0 Å². The summed E-state index contributed by atoms with van der Waals surface area (Å²) in [5.41, 5.74) is 2.93. The van der Waals surface area contributed by atoms with Crippen molar-refractivity contribution in [1.29, 1.82) is 0 Å². The van der Waals surface area contributed by atoms with Gasteiger partial charge in [0.1, 0.15) is 11.6 Å². The highest BCUT2D eigenvalue weighted by atomic mass is 35.5. The Bertz CT molecular complexity index is 1290. The standard InChI is InChI=1S/C23H20ClN3O3S/c1-13-10-20(26-31-13)25-23(29)22(28)21-14(2)27(12-15-4-6-16(24)7-5-15)19-9-8-17(30-3)11-18(19)21/h4-11H,12H2,1-3H3,(H,25,26,29). The first-order valence-corrected chi connectivity index (χ1v) is 10.7. The number of anilines is 1. The molecule has 1 N–H and O–H groups in total. The number of hydrogen-bond donors (Lipinski definition) is 1. The lowest BCUT2D eigenvalue weighted by atomic mass is 10.1. The second kappa shape index (κ2) is 8.53. The third-order valence-corrected chi connectivity index (χ3v) is 6.03. The van der Waals surface area contributed by atoms with E-state index in [1.807, 2.05) is 54.8 Å². The van der Waals surface area contributed by atoms with E-state index in [0.29, 0.717) is 39.8 Å². The predicted molar refractivity (Wildman–Crippen MR) is 124 cm³/mol. The van der Waals surface area contributed by atoms with Gasteiger partial charge in [0.2, 0.25) is 0 Å². The fourth-order valence-corrected chi connectivity index (χ4v) is 4.19. The highest BCUT2D eigenvalue weighted by Gasteiger charge is 2.26. The van der Waals surface area contributed by atoms with E-state index < -0.39 is 11.7 Å². The smallest absolute Gasteiger partial charge is 0.298 e. The summed E-state index contributed by atoms with van der Waals surface area (Å²) in [6.45, 7) is 4.26. The van der Waals surface area contributed by atoms with Crippen molar-refractivity contribution in [3.8, 4) is 5.75 Å². The highest BCUT2D eigenvalue weighted by molar-refractivity contribution is 7.06. The number of rotatable bonds is 6. The van der Waals surface area contributed by atoms with Crippen molar-refractivity contribution in [2.24, 2.45) is 0 Å². The van der Waals surface area contributed by atoms with Gasteiger partial charge in [0.15, 0.2) is 0 Å². The average Bonchev–Trinajstić information content (AvgIpc) is 3.29. The molecule has 0 atom stereocenters. The van der Waals surface area contributed by atoms with Gasteiger partial charge in [0.05, 0.1) is 12.7 Å². The molecule has 1 amide bonds. The van der Waals surface area contributed by atoms with Gasteiger partial charge in [-0.25, -0.2) is 0 Å². The number of ketones is 1. The molecule has 0 saturated heterocycles. The molecular weight excluding hydrogens is 434 g/mol. The molecule has 0 aliphatic heterocycles. The normalized spacial score (nSPS) is 11.0. The van der Waals surface area contributed by atoms with Gasteiger partial charge in [-0.2, -0.15) is 4.37 Å². The molecule has 31 heavy (non-hydrogen) atoms. The van der Waals surface area contributed by atoms with Crippen LogP contribution in [0.3, 0.4) is 0 Å². The number of aryl methyl sites for hydroxylation is 1. The quantitative estimate of drug-likeness (QED) is 0.320. The van der Waals surface area contributed by atoms with Gasteiger partial charge in [0, 0.05) is 33.0 Å². The Kier molecular flexibility index (Phi) is 5.80. The Balaban J connectivity index is 1.77. The Labute approximate surface area is 188 Å². The molecule has 0 saturated carbocycles. The van der Waals surface area contributed by atoms with Crippen molar-refractivity contribution >= 4 is 51.5 Å². The largest absolute Gasteiger partial charge is 0.497 e. The van der Waals surface area contributed by atoms with Crippen LogP contribution in [-0.2, 0) is 11.3 Å². The Morgan fingerprint density at radius 1 is 1.13 bits per heavy atom. The predicted octanol–water partition coefficient (Wildman–Crippen LogP) is 5.25. The number of ether oxygens (including phenoxy) is 1. The number of Topliss-reactive ketones (excluding diaryl/α,β-unsaturated/α-hetero) is 1. The van der Waals surface area contributed by atoms with Crippen LogP contribution in [0.5, 0.6) is 5.75 Å². The first-order valence-electron chi connectivity index (χ1n) is 9.57. The van der Waals surface area contributed by atoms with Gasteiger partial charge in [-0.05, 0) is 67.3 Å². The van der Waals surface area contributed by atoms with Crippen molar-refractivity contribution in [3.05, 3.63) is 75.3 Å². The lowest BCUT2D eigenvalue weighted by Crippen LogP contribution is -2.23. The topological polar surface area (TPSA) is 73.2 Å². The van der Waals surface area contributed by atoms with E-state index in [1.54, 1.807) is 19.2 Å². The summed E-state index contributed by atoms with van der Waals surface area (Å²) in [5, 5.41) is 3.93. The van der Waals surface area contributed by atoms with Crippen molar-refractivity contribution in [3.63, 3.8) is 0 Å². The molecule has 0 spiro atoms. The zero-order valence-electron chi connectivity index (χ0n) is 17.2. The van der Waals surface area contributed by atoms with Crippen LogP contribution in [0.15, 0.2) is 48.5 Å². The minimum atomic E-state index is -0.721. The van der Waals surface area contributed by atoms with Crippen LogP contribution in [0.25, 0.3) is 10.9 Å². The minimum absolute atomic E-state index is 0.354. The molecule has 0 radical (unpaired) electrons. The number of methoxy groups -OCH3 is 1. The van der Waals surface area contributed by atoms with Gasteiger partial charge >= 0.3 is 0 Å². The van der Waals surface area contributed by atoms with Crippen LogP contribution < -0.4 is 10.1 Å². The maximum Gasteiger partial charge on any atom is 0.298 e. The summed E-state index contributed by atoms with van der Waals surface area (Å²) in [6, 6.07) is 14.8. The molecule has 0 unspecified atom stereocenters. The van der Waals surface area contributed by atoms with E-state index in [4.69, 9.17) is 16.3 Å². The van der Waals surface area contributed by atoms with Crippen LogP contribution in [0.2, 0.25) is 5.02 Å². The van der Waals surface area contributed by atoms with E-state index in [1.165, 1.54) is 11.5 Å². The molecule has 0 aliphatic carbocycles. The number of hydrogen-bond acceptors (Lipinski definition) is 5. The Morgan fingerprint density at radius 3 is 2.52 bits per heavy atom. The number of carbonyl (C=O) groups is 2. The highest BCUT2D eigenvalue weighted by Crippen LogP contribution is 2.31. The molecule has 8 heteroatoms. The molecule has 2 aromatic carbocycles. The van der Waals surface area contributed by atoms with Crippen LogP contribution in [0, 0.1) is 13.8 Å². The second-order valence-electron chi connectivity index (χ2n) is 7.16. The molecule has 4 aromatic rings. The third kappa shape index (κ3) is 4.19. The molecule has 2 heterocycles. The fourth-order valence-electron chi connectivity index (χ4n) is 3.56. The van der Waals surface area contributed by atoms with Crippen molar-refractivity contribution < 1.29 is 14.3 Å². The molecule has 4 rings (SSSR count). The molecule has 158 valence electrons. The number of nitrogens with zero attached hydrogens (tertiary/aromatic N) is 2. The zero-order valence-corrected chi connectivity index (χ0v) is 18.8. The number of fused-ring (bicyclic) bond motifs is 1. The maximum atomic E-state index is 13.2. The first-order chi connectivity index (χ1) is 14.9. The van der Waals surface area contributed by atoms with E-state index >= 15 is 0 Å². The number of nitrogens with one attached hydrogen (secondary N) is 1. The van der Waals surface area contributed by atoms with Gasteiger partial charge in [0.25, 0.3) is 11.7 Å². The van der Waals surface area contributed by atoms with Gasteiger partial charge in [-0.1, -0.05) is 23.7 Å². The Hall–Kier alpha value is -3.16. The molecule has 6 nitrogen and oxygen atoms in total. The fraction of sp³-hybridized carbons (Fsp3) is 0.174. The number of benzene rings is 2. The molecule has 0 aliphatic rings. The SMILES string of the molecule is COc1ccc2c(c1)c(C(=O)C(=O)Nc1cc(C)sn1)c(C)n2Cc1ccc(Cl)cc1. The zero-order chi connectivity index (χ0) is 22.1. The summed E-state index contributed by atoms with van der Waals surface area (Å²) in [6.07, 6.45) is 0. The summed E-state index contributed by atoms with van der Waals surface area (Å²) in [5.74, 6) is -0.347. The van der Waals surface area contributed by atoms with Crippen LogP contribution in [-0.4, -0.2) is 27.7 Å². The molecule has 2 aromatic heterocycles. The third-order valence-electron chi connectivity index (χ3n) is 5.09. The number of aromatic nitrogens is 2. The molecule has 0 bridgehead atoms. The summed E-state index contributed by atoms with van der Waals surface area (Å²) < 4.78 is 11.5. The van der Waals surface area contributed by atoms with Gasteiger partial charge in [-0.15, -0.1) is 0 Å². The Morgan fingerprint density at radius 2 is 1.87 bits per heavy atom. The van der Waals surface area contributed by atoms with E-state index in [0.717, 1.165) is 16.0 Å². The summed E-state index contributed by atoms with van der Waals surface area (Å²) in [4.78, 5) is 26.9. The van der Waals surface area contributed by atoms with Crippen molar-refractivity contribution in [1.82, 2.24) is 8.94 Å². The van der Waals surface area contributed by atoms with Crippen molar-refractivity contribution in [2.75, 3.05) is 12.4 Å². The van der Waals surface area contributed by atoms with Gasteiger partial charge < -0.3 is 14.6 Å². The number of halogens is 1. The van der Waals surface area contributed by atoms with E-state index in [2.05, 4.69) is 9.69 Å². The van der Waals surface area contributed by atoms with Crippen LogP contribution >= 0.6 is 23.1 Å². The minimum Gasteiger partial charge on any atom is -0.497 e. The van der Waals surface area contributed by atoms with Crippen molar-refractivity contribution in [2.45, 2.75) is 20.4 Å². The van der Waals surface area contributed by atoms with Crippen LogP contribution in [0.4, 0.5) is 5.82 Å². The molecular formula is C23H20ClN3O3S. The average molecular weight is 454 g/mol. The number of amides is 1. The first kappa shape index (κ1) is 21.1. The van der Waals surface area contributed by atoms with Gasteiger partial charge in [-0.3, -0.25) is 9.59 Å². The molecule has 0 fully saturated rings. The lowest BCUT2D eigenvalue weighted by molar-refractivity contribution is -0.112. The lowest BCUT2D eigenvalue weighted by Gasteiger charge is -2.09. The monoisotopic (exact) mass is 453 g/mol. The van der Waals surface area contributed by atoms with E-state index in [9.17, 15) is 9.59 Å².